The first-order valence-electron chi connectivity index (χ1n) is 4.69. The smallest absolute Gasteiger partial charge is 0.118 e. The van der Waals surface area contributed by atoms with E-state index in [1.54, 1.807) is 7.11 Å². The van der Waals surface area contributed by atoms with E-state index in [2.05, 4.69) is 23.7 Å². The van der Waals surface area contributed by atoms with Crippen molar-refractivity contribution in [2.45, 2.75) is 6.54 Å². The maximum atomic E-state index is 5.09. The highest BCUT2D eigenvalue weighted by Gasteiger charge is 1.93. The second-order valence-electron chi connectivity index (χ2n) is 3.02. The molecule has 0 fully saturated rings. The molecule has 3 heteroatoms. The van der Waals surface area contributed by atoms with Gasteiger partial charge in [-0.1, -0.05) is 12.1 Å². The molecule has 0 saturated heterocycles. The van der Waals surface area contributed by atoms with Crippen LogP contribution in [0.5, 0.6) is 5.75 Å². The van der Waals surface area contributed by atoms with Crippen LogP contribution in [0.3, 0.4) is 0 Å². The van der Waals surface area contributed by atoms with Gasteiger partial charge in [0.1, 0.15) is 5.75 Å². The van der Waals surface area contributed by atoms with Crippen LogP contribution < -0.4 is 10.1 Å². The predicted molar refractivity (Wildman–Crippen MR) is 63.1 cm³/mol. The van der Waals surface area contributed by atoms with Crippen LogP contribution in [0, 0.1) is 0 Å². The van der Waals surface area contributed by atoms with Crippen LogP contribution in [0.4, 0.5) is 0 Å². The minimum absolute atomic E-state index is 0.915. The molecule has 0 atom stereocenters. The molecule has 2 nitrogen and oxygen atoms in total. The van der Waals surface area contributed by atoms with E-state index in [1.807, 2.05) is 23.9 Å². The second-order valence-corrected chi connectivity index (χ2v) is 4.00. The van der Waals surface area contributed by atoms with Crippen molar-refractivity contribution in [1.29, 1.82) is 0 Å². The quantitative estimate of drug-likeness (QED) is 0.729. The Morgan fingerprint density at radius 3 is 2.57 bits per heavy atom. The average molecular weight is 211 g/mol. The van der Waals surface area contributed by atoms with E-state index in [4.69, 9.17) is 4.74 Å². The van der Waals surface area contributed by atoms with E-state index in [0.29, 0.717) is 0 Å². The van der Waals surface area contributed by atoms with E-state index < -0.39 is 0 Å². The maximum Gasteiger partial charge on any atom is 0.118 e. The molecular formula is C11H17NOS. The molecule has 0 aliphatic rings. The molecule has 0 aromatic heterocycles. The summed E-state index contributed by atoms with van der Waals surface area (Å²) in [6.45, 7) is 2.00. The zero-order valence-electron chi connectivity index (χ0n) is 8.75. The van der Waals surface area contributed by atoms with Crippen molar-refractivity contribution in [1.82, 2.24) is 5.32 Å². The molecule has 0 heterocycles. The predicted octanol–water partition coefficient (Wildman–Crippen LogP) is 2.15. The molecular weight excluding hydrogens is 194 g/mol. The highest BCUT2D eigenvalue weighted by molar-refractivity contribution is 7.98. The Balaban J connectivity index is 2.29. The van der Waals surface area contributed by atoms with Crippen molar-refractivity contribution >= 4 is 11.8 Å². The van der Waals surface area contributed by atoms with Crippen molar-refractivity contribution in [3.8, 4) is 5.75 Å². The fourth-order valence-electron chi connectivity index (χ4n) is 1.15. The van der Waals surface area contributed by atoms with Crippen LogP contribution in [0.15, 0.2) is 24.3 Å². The summed E-state index contributed by atoms with van der Waals surface area (Å²) in [5.74, 6) is 2.08. The Bertz CT molecular complexity index is 248. The van der Waals surface area contributed by atoms with E-state index in [0.717, 1.165) is 24.6 Å². The van der Waals surface area contributed by atoms with Gasteiger partial charge in [-0.2, -0.15) is 11.8 Å². The molecule has 0 spiro atoms. The van der Waals surface area contributed by atoms with Crippen LogP contribution >= 0.6 is 11.8 Å². The first-order valence-corrected chi connectivity index (χ1v) is 6.09. The summed E-state index contributed by atoms with van der Waals surface area (Å²) in [6.07, 6.45) is 2.12. The van der Waals surface area contributed by atoms with Crippen molar-refractivity contribution in [3.63, 3.8) is 0 Å². The van der Waals surface area contributed by atoms with Gasteiger partial charge in [0, 0.05) is 18.8 Å². The standard InChI is InChI=1S/C11H17NOS/c1-13-11-5-3-10(4-6-11)9-12-7-8-14-2/h3-6,12H,7-9H2,1-2H3. The normalized spacial score (nSPS) is 10.1. The number of benzene rings is 1. The van der Waals surface area contributed by atoms with Crippen LogP contribution in [0.2, 0.25) is 0 Å². The van der Waals surface area contributed by atoms with Gasteiger partial charge in [0.15, 0.2) is 0 Å². The minimum Gasteiger partial charge on any atom is -0.497 e. The number of methoxy groups -OCH3 is 1. The van der Waals surface area contributed by atoms with Gasteiger partial charge in [-0.05, 0) is 24.0 Å². The molecule has 0 aliphatic carbocycles. The van der Waals surface area contributed by atoms with Gasteiger partial charge in [0.2, 0.25) is 0 Å². The molecule has 1 rings (SSSR count). The van der Waals surface area contributed by atoms with Gasteiger partial charge in [-0.15, -0.1) is 0 Å². The van der Waals surface area contributed by atoms with Crippen LogP contribution in [-0.4, -0.2) is 25.7 Å². The Labute approximate surface area is 90.0 Å². The molecule has 1 aromatic rings. The van der Waals surface area contributed by atoms with Crippen molar-refractivity contribution < 1.29 is 4.74 Å². The SMILES string of the molecule is COc1ccc(CNCCSC)cc1. The molecule has 0 bridgehead atoms. The highest BCUT2D eigenvalue weighted by Crippen LogP contribution is 2.10. The summed E-state index contributed by atoms with van der Waals surface area (Å²) < 4.78 is 5.09. The van der Waals surface area contributed by atoms with Crippen molar-refractivity contribution in [3.05, 3.63) is 29.8 Å². The molecule has 78 valence electrons. The van der Waals surface area contributed by atoms with E-state index >= 15 is 0 Å². The topological polar surface area (TPSA) is 21.3 Å². The summed E-state index contributed by atoms with van der Waals surface area (Å²) >= 11 is 1.86. The Morgan fingerprint density at radius 2 is 2.00 bits per heavy atom. The van der Waals surface area contributed by atoms with Crippen LogP contribution in [-0.2, 0) is 6.54 Å². The van der Waals surface area contributed by atoms with Gasteiger partial charge in [0.05, 0.1) is 7.11 Å². The molecule has 1 N–H and O–H groups in total. The molecule has 14 heavy (non-hydrogen) atoms. The van der Waals surface area contributed by atoms with Crippen molar-refractivity contribution in [2.24, 2.45) is 0 Å². The summed E-state index contributed by atoms with van der Waals surface area (Å²) in [5, 5.41) is 3.38. The Kier molecular flexibility index (Phi) is 5.49. The first-order chi connectivity index (χ1) is 6.86. The average Bonchev–Trinajstić information content (AvgIpc) is 2.25. The fourth-order valence-corrected chi connectivity index (χ4v) is 1.50. The summed E-state index contributed by atoms with van der Waals surface area (Å²) in [7, 11) is 1.69. The third-order valence-corrected chi connectivity index (χ3v) is 2.58. The molecule has 0 saturated carbocycles. The highest BCUT2D eigenvalue weighted by atomic mass is 32.2. The Morgan fingerprint density at radius 1 is 1.29 bits per heavy atom. The molecule has 0 radical (unpaired) electrons. The van der Waals surface area contributed by atoms with Gasteiger partial charge in [0.25, 0.3) is 0 Å². The largest absolute Gasteiger partial charge is 0.497 e. The lowest BCUT2D eigenvalue weighted by molar-refractivity contribution is 0.414. The van der Waals surface area contributed by atoms with Crippen molar-refractivity contribution in [2.75, 3.05) is 25.7 Å². The third-order valence-electron chi connectivity index (χ3n) is 1.97. The summed E-state index contributed by atoms with van der Waals surface area (Å²) in [4.78, 5) is 0. The van der Waals surface area contributed by atoms with Gasteiger partial charge in [-0.25, -0.2) is 0 Å². The number of nitrogens with one attached hydrogen (secondary N) is 1. The molecule has 0 amide bonds. The van der Waals surface area contributed by atoms with Crippen LogP contribution in [0.25, 0.3) is 0 Å². The second kappa shape index (κ2) is 6.74. The molecule has 1 aromatic carbocycles. The fraction of sp³-hybridized carbons (Fsp3) is 0.455. The van der Waals surface area contributed by atoms with E-state index in [-0.39, 0.29) is 0 Å². The lowest BCUT2D eigenvalue weighted by Crippen LogP contribution is -2.16. The van der Waals surface area contributed by atoms with Crippen LogP contribution in [0.1, 0.15) is 5.56 Å². The minimum atomic E-state index is 0.915. The lowest BCUT2D eigenvalue weighted by atomic mass is 10.2. The number of rotatable bonds is 6. The lowest BCUT2D eigenvalue weighted by Gasteiger charge is -2.04. The third kappa shape index (κ3) is 4.03. The zero-order valence-corrected chi connectivity index (χ0v) is 9.56. The number of hydrogen-bond donors (Lipinski definition) is 1. The first kappa shape index (κ1) is 11.4. The molecule has 0 aliphatic heterocycles. The van der Waals surface area contributed by atoms with Gasteiger partial charge >= 0.3 is 0 Å². The summed E-state index contributed by atoms with van der Waals surface area (Å²) in [6, 6.07) is 8.16. The monoisotopic (exact) mass is 211 g/mol. The summed E-state index contributed by atoms with van der Waals surface area (Å²) in [5.41, 5.74) is 1.30. The number of thioether (sulfide) groups is 1. The maximum absolute atomic E-state index is 5.09. The van der Waals surface area contributed by atoms with E-state index in [1.165, 1.54) is 5.56 Å². The molecule has 0 unspecified atom stereocenters. The Hall–Kier alpha value is -0.670. The number of ether oxygens (including phenoxy) is 1. The number of hydrogen-bond acceptors (Lipinski definition) is 3. The zero-order chi connectivity index (χ0) is 10.2. The van der Waals surface area contributed by atoms with Gasteiger partial charge in [-0.3, -0.25) is 0 Å². The van der Waals surface area contributed by atoms with Gasteiger partial charge < -0.3 is 10.1 Å². The van der Waals surface area contributed by atoms with E-state index in [9.17, 15) is 0 Å².